The molecule has 1 aromatic carbocycles. The Kier molecular flexibility index (Phi) is 7.08. The van der Waals surface area contributed by atoms with Gasteiger partial charge in [0.15, 0.2) is 0 Å². The number of aliphatic carboxylic acids is 1. The molecule has 0 aliphatic rings. The van der Waals surface area contributed by atoms with Crippen LogP contribution in [0.4, 0.5) is 0 Å². The molecule has 1 amide bonds. The molecule has 6 heteroatoms. The normalized spacial score (nSPS) is 10.3. The minimum atomic E-state index is -0.767. The monoisotopic (exact) mass is 295 g/mol. The molecule has 0 aliphatic heterocycles. The molecule has 1 rings (SSSR count). The number of phenolic OH excluding ortho intramolecular Hbond substituents is 2. The predicted octanol–water partition coefficient (Wildman–Crippen LogP) is 2.25. The number of nitrogens with one attached hydrogen (secondary N) is 1. The summed E-state index contributed by atoms with van der Waals surface area (Å²) in [5, 5.41) is 29.8. The van der Waals surface area contributed by atoms with E-state index < -0.39 is 5.97 Å². The molecule has 0 spiro atoms. The van der Waals surface area contributed by atoms with Gasteiger partial charge in [0.25, 0.3) is 5.91 Å². The lowest BCUT2D eigenvalue weighted by Gasteiger charge is -2.06. The Morgan fingerprint density at radius 2 is 1.48 bits per heavy atom. The summed E-state index contributed by atoms with van der Waals surface area (Å²) in [4.78, 5) is 22.1. The van der Waals surface area contributed by atoms with Crippen LogP contribution >= 0.6 is 0 Å². The van der Waals surface area contributed by atoms with E-state index in [1.165, 1.54) is 12.1 Å². The zero-order valence-electron chi connectivity index (χ0n) is 11.8. The summed E-state index contributed by atoms with van der Waals surface area (Å²) in [5.41, 5.74) is 0.217. The number of carboxylic acid groups (broad SMARTS) is 1. The molecule has 0 unspecified atom stereocenters. The van der Waals surface area contributed by atoms with Crippen LogP contribution < -0.4 is 5.32 Å². The Morgan fingerprint density at radius 1 is 0.905 bits per heavy atom. The quantitative estimate of drug-likeness (QED) is 0.523. The number of amides is 1. The van der Waals surface area contributed by atoms with E-state index in [4.69, 9.17) is 5.11 Å². The van der Waals surface area contributed by atoms with Crippen LogP contribution in [0, 0.1) is 0 Å². The van der Waals surface area contributed by atoms with Gasteiger partial charge in [-0.2, -0.15) is 0 Å². The largest absolute Gasteiger partial charge is 0.508 e. The minimum absolute atomic E-state index is 0.154. The van der Waals surface area contributed by atoms with Crippen molar-refractivity contribution in [1.82, 2.24) is 5.32 Å². The molecule has 21 heavy (non-hydrogen) atoms. The number of phenols is 2. The van der Waals surface area contributed by atoms with Crippen molar-refractivity contribution in [3.63, 3.8) is 0 Å². The molecule has 0 atom stereocenters. The number of carbonyl (C=O) groups is 2. The molecule has 0 bridgehead atoms. The van der Waals surface area contributed by atoms with Gasteiger partial charge >= 0.3 is 5.97 Å². The number of hydrogen-bond acceptors (Lipinski definition) is 4. The van der Waals surface area contributed by atoms with Crippen molar-refractivity contribution in [1.29, 1.82) is 0 Å². The van der Waals surface area contributed by atoms with E-state index in [-0.39, 0.29) is 29.4 Å². The summed E-state index contributed by atoms with van der Waals surface area (Å²) in [5.74, 6) is -1.42. The van der Waals surface area contributed by atoms with Gasteiger partial charge in [-0.25, -0.2) is 0 Å². The smallest absolute Gasteiger partial charge is 0.303 e. The van der Waals surface area contributed by atoms with E-state index in [1.807, 2.05) is 0 Å². The molecule has 0 radical (unpaired) electrons. The molecule has 0 saturated carbocycles. The second-order valence-corrected chi connectivity index (χ2v) is 4.91. The maximum atomic E-state index is 11.8. The molecule has 0 fully saturated rings. The average Bonchev–Trinajstić information content (AvgIpc) is 2.40. The Bertz CT molecular complexity index is 467. The van der Waals surface area contributed by atoms with Gasteiger partial charge in [-0.3, -0.25) is 9.59 Å². The molecule has 0 heterocycles. The summed E-state index contributed by atoms with van der Waals surface area (Å²) >= 11 is 0. The van der Waals surface area contributed by atoms with Crippen LogP contribution in [0.15, 0.2) is 18.2 Å². The lowest BCUT2D eigenvalue weighted by Crippen LogP contribution is -2.24. The van der Waals surface area contributed by atoms with Gasteiger partial charge in [0.05, 0.1) is 0 Å². The number of rotatable bonds is 9. The van der Waals surface area contributed by atoms with Crippen molar-refractivity contribution >= 4 is 11.9 Å². The van der Waals surface area contributed by atoms with E-state index in [2.05, 4.69) is 5.32 Å². The second kappa shape index (κ2) is 8.84. The van der Waals surface area contributed by atoms with Gasteiger partial charge in [-0.05, 0) is 25.0 Å². The van der Waals surface area contributed by atoms with Crippen LogP contribution in [-0.2, 0) is 4.79 Å². The molecule has 0 aromatic heterocycles. The Hall–Kier alpha value is -2.24. The topological polar surface area (TPSA) is 107 Å². The van der Waals surface area contributed by atoms with Crippen molar-refractivity contribution in [2.45, 2.75) is 38.5 Å². The van der Waals surface area contributed by atoms with E-state index in [0.717, 1.165) is 31.7 Å². The molecule has 4 N–H and O–H groups in total. The fraction of sp³-hybridized carbons (Fsp3) is 0.467. The SMILES string of the molecule is O=C(O)CCCCCCCNC(=O)c1cc(O)cc(O)c1. The molecular weight excluding hydrogens is 274 g/mol. The van der Waals surface area contributed by atoms with Crippen molar-refractivity contribution < 1.29 is 24.9 Å². The fourth-order valence-corrected chi connectivity index (χ4v) is 1.96. The third kappa shape index (κ3) is 7.20. The first kappa shape index (κ1) is 16.8. The van der Waals surface area contributed by atoms with E-state index in [9.17, 15) is 19.8 Å². The summed E-state index contributed by atoms with van der Waals surface area (Å²) in [6.07, 6.45) is 4.44. The zero-order valence-corrected chi connectivity index (χ0v) is 11.8. The average molecular weight is 295 g/mol. The summed E-state index contributed by atoms with van der Waals surface area (Å²) in [6.45, 7) is 0.508. The first-order chi connectivity index (χ1) is 9.99. The lowest BCUT2D eigenvalue weighted by molar-refractivity contribution is -0.137. The first-order valence-electron chi connectivity index (χ1n) is 7.02. The highest BCUT2D eigenvalue weighted by Gasteiger charge is 2.07. The maximum Gasteiger partial charge on any atom is 0.303 e. The molecular formula is C15H21NO5. The molecule has 0 aliphatic carbocycles. The molecule has 116 valence electrons. The van der Waals surface area contributed by atoms with Crippen LogP contribution in [0.5, 0.6) is 11.5 Å². The van der Waals surface area contributed by atoms with Gasteiger partial charge in [-0.15, -0.1) is 0 Å². The lowest BCUT2D eigenvalue weighted by atomic mass is 10.1. The number of hydrogen-bond donors (Lipinski definition) is 4. The predicted molar refractivity (Wildman–Crippen MR) is 77.4 cm³/mol. The summed E-state index contributed by atoms with van der Waals surface area (Å²) < 4.78 is 0. The van der Waals surface area contributed by atoms with Gasteiger partial charge in [-0.1, -0.05) is 19.3 Å². The number of aromatic hydroxyl groups is 2. The van der Waals surface area contributed by atoms with Crippen LogP contribution in [0.2, 0.25) is 0 Å². The first-order valence-corrected chi connectivity index (χ1v) is 7.02. The van der Waals surface area contributed by atoms with Gasteiger partial charge in [0.1, 0.15) is 11.5 Å². The third-order valence-corrected chi connectivity index (χ3v) is 3.02. The van der Waals surface area contributed by atoms with E-state index in [0.29, 0.717) is 13.0 Å². The van der Waals surface area contributed by atoms with E-state index >= 15 is 0 Å². The van der Waals surface area contributed by atoms with Crippen molar-refractivity contribution in [2.24, 2.45) is 0 Å². The zero-order chi connectivity index (χ0) is 15.7. The van der Waals surface area contributed by atoms with Gasteiger partial charge < -0.3 is 20.6 Å². The van der Waals surface area contributed by atoms with Crippen LogP contribution in [-0.4, -0.2) is 33.7 Å². The Labute approximate surface area is 123 Å². The molecule has 0 saturated heterocycles. The summed E-state index contributed by atoms with van der Waals surface area (Å²) in [6, 6.07) is 3.75. The van der Waals surface area contributed by atoms with Crippen LogP contribution in [0.3, 0.4) is 0 Å². The third-order valence-electron chi connectivity index (χ3n) is 3.02. The molecule has 6 nitrogen and oxygen atoms in total. The number of carbonyl (C=O) groups excluding carboxylic acids is 1. The highest BCUT2D eigenvalue weighted by molar-refractivity contribution is 5.95. The number of carboxylic acids is 1. The standard InChI is InChI=1S/C15H21NO5/c17-12-8-11(9-13(18)10-12)15(21)16-7-5-3-1-2-4-6-14(19)20/h8-10,17-18H,1-7H2,(H,16,21)(H,19,20). The van der Waals surface area contributed by atoms with Gasteiger partial charge in [0, 0.05) is 24.6 Å². The minimum Gasteiger partial charge on any atom is -0.508 e. The van der Waals surface area contributed by atoms with Gasteiger partial charge in [0.2, 0.25) is 0 Å². The highest BCUT2D eigenvalue weighted by atomic mass is 16.4. The van der Waals surface area contributed by atoms with Crippen LogP contribution in [0.1, 0.15) is 48.9 Å². The Balaban J connectivity index is 2.15. The highest BCUT2D eigenvalue weighted by Crippen LogP contribution is 2.20. The van der Waals surface area contributed by atoms with Crippen molar-refractivity contribution in [2.75, 3.05) is 6.54 Å². The van der Waals surface area contributed by atoms with Crippen molar-refractivity contribution in [3.05, 3.63) is 23.8 Å². The summed E-state index contributed by atoms with van der Waals surface area (Å²) in [7, 11) is 0. The number of unbranched alkanes of at least 4 members (excludes halogenated alkanes) is 4. The van der Waals surface area contributed by atoms with Crippen LogP contribution in [0.25, 0.3) is 0 Å². The Morgan fingerprint density at radius 3 is 2.10 bits per heavy atom. The number of benzene rings is 1. The fourth-order valence-electron chi connectivity index (χ4n) is 1.96. The maximum absolute atomic E-state index is 11.8. The van der Waals surface area contributed by atoms with E-state index in [1.54, 1.807) is 0 Å². The second-order valence-electron chi connectivity index (χ2n) is 4.91. The van der Waals surface area contributed by atoms with Crippen molar-refractivity contribution in [3.8, 4) is 11.5 Å². The molecule has 1 aromatic rings.